The summed E-state index contributed by atoms with van der Waals surface area (Å²) < 4.78 is 3.46. The fourth-order valence-corrected chi connectivity index (χ4v) is 1.93. The highest BCUT2D eigenvalue weighted by molar-refractivity contribution is 5.33. The first-order chi connectivity index (χ1) is 7.50. The summed E-state index contributed by atoms with van der Waals surface area (Å²) in [5.41, 5.74) is 3.50. The second-order valence-corrected chi connectivity index (χ2v) is 4.06. The Hall–Kier alpha value is -1.62. The molecule has 0 amide bonds. The molecule has 0 saturated heterocycles. The Morgan fingerprint density at radius 3 is 2.44 bits per heavy atom. The molecule has 1 N–H and O–H groups in total. The van der Waals surface area contributed by atoms with E-state index in [0.717, 1.165) is 22.5 Å². The van der Waals surface area contributed by atoms with Crippen molar-refractivity contribution in [1.29, 1.82) is 0 Å². The van der Waals surface area contributed by atoms with E-state index in [2.05, 4.69) is 10.2 Å². The maximum atomic E-state index is 10.3. The summed E-state index contributed by atoms with van der Waals surface area (Å²) >= 11 is 0. The van der Waals surface area contributed by atoms with Crippen LogP contribution < -0.4 is 0 Å². The summed E-state index contributed by atoms with van der Waals surface area (Å²) in [6, 6.07) is 0. The normalized spacial score (nSPS) is 13.1. The SMILES string of the molecule is Cc1nn(C)c(C)c1C(O)c1cnn(C)c1. The van der Waals surface area contributed by atoms with Crippen LogP contribution in [0.15, 0.2) is 12.4 Å². The average Bonchev–Trinajstić information content (AvgIpc) is 2.73. The quantitative estimate of drug-likeness (QED) is 0.816. The van der Waals surface area contributed by atoms with Gasteiger partial charge < -0.3 is 5.11 Å². The second-order valence-electron chi connectivity index (χ2n) is 4.06. The van der Waals surface area contributed by atoms with Crippen LogP contribution in [0.2, 0.25) is 0 Å². The molecule has 0 spiro atoms. The van der Waals surface area contributed by atoms with Crippen molar-refractivity contribution in [1.82, 2.24) is 19.6 Å². The third kappa shape index (κ3) is 1.63. The minimum absolute atomic E-state index is 0.651. The third-order valence-corrected chi connectivity index (χ3v) is 2.88. The third-order valence-electron chi connectivity index (χ3n) is 2.88. The summed E-state index contributed by atoms with van der Waals surface area (Å²) in [7, 11) is 3.71. The Bertz CT molecular complexity index is 512. The van der Waals surface area contributed by atoms with E-state index in [4.69, 9.17) is 0 Å². The van der Waals surface area contributed by atoms with E-state index in [-0.39, 0.29) is 0 Å². The number of rotatable bonds is 2. The number of aliphatic hydroxyl groups excluding tert-OH is 1. The van der Waals surface area contributed by atoms with Crippen LogP contribution in [0.5, 0.6) is 0 Å². The van der Waals surface area contributed by atoms with Crippen molar-refractivity contribution in [3.63, 3.8) is 0 Å². The van der Waals surface area contributed by atoms with Crippen molar-refractivity contribution in [2.24, 2.45) is 14.1 Å². The molecule has 1 atom stereocenters. The van der Waals surface area contributed by atoms with E-state index in [9.17, 15) is 5.11 Å². The van der Waals surface area contributed by atoms with Crippen molar-refractivity contribution in [2.75, 3.05) is 0 Å². The van der Waals surface area contributed by atoms with E-state index in [1.807, 2.05) is 34.1 Å². The molecule has 0 fully saturated rings. The number of hydrogen-bond acceptors (Lipinski definition) is 3. The van der Waals surface area contributed by atoms with E-state index in [1.165, 1.54) is 0 Å². The summed E-state index contributed by atoms with van der Waals surface area (Å²) in [6.45, 7) is 3.86. The molecule has 86 valence electrons. The zero-order valence-corrected chi connectivity index (χ0v) is 9.97. The average molecular weight is 220 g/mol. The van der Waals surface area contributed by atoms with Crippen LogP contribution in [0.3, 0.4) is 0 Å². The largest absolute Gasteiger partial charge is 0.383 e. The van der Waals surface area contributed by atoms with E-state index >= 15 is 0 Å². The Kier molecular flexibility index (Phi) is 2.55. The Balaban J connectivity index is 2.44. The molecule has 5 heteroatoms. The van der Waals surface area contributed by atoms with Crippen molar-refractivity contribution in [2.45, 2.75) is 20.0 Å². The predicted octanol–water partition coefficient (Wildman–Crippen LogP) is 0.852. The molecule has 0 saturated carbocycles. The van der Waals surface area contributed by atoms with Crippen molar-refractivity contribution in [3.05, 3.63) is 34.9 Å². The molecular formula is C11H16N4O. The lowest BCUT2D eigenvalue weighted by atomic mass is 10.0. The number of aryl methyl sites for hydroxylation is 3. The molecule has 0 aromatic carbocycles. The first-order valence-electron chi connectivity index (χ1n) is 5.17. The van der Waals surface area contributed by atoms with Gasteiger partial charge in [-0.3, -0.25) is 9.36 Å². The summed E-state index contributed by atoms with van der Waals surface area (Å²) in [6.07, 6.45) is 2.84. The molecule has 2 rings (SSSR count). The van der Waals surface area contributed by atoms with Gasteiger partial charge in [0, 0.05) is 37.1 Å². The topological polar surface area (TPSA) is 55.9 Å². The van der Waals surface area contributed by atoms with Gasteiger partial charge in [-0.1, -0.05) is 0 Å². The minimum Gasteiger partial charge on any atom is -0.383 e. The minimum atomic E-state index is -0.651. The molecule has 1 unspecified atom stereocenters. The summed E-state index contributed by atoms with van der Waals surface area (Å²) in [4.78, 5) is 0. The standard InChI is InChI=1S/C11H16N4O/c1-7-10(8(2)15(4)13-7)11(16)9-5-12-14(3)6-9/h5-6,11,16H,1-4H3. The molecule has 5 nitrogen and oxygen atoms in total. The van der Waals surface area contributed by atoms with Gasteiger partial charge in [0.05, 0.1) is 11.9 Å². The van der Waals surface area contributed by atoms with Gasteiger partial charge in [-0.15, -0.1) is 0 Å². The van der Waals surface area contributed by atoms with Gasteiger partial charge in [0.2, 0.25) is 0 Å². The molecule has 2 aromatic rings. The number of hydrogen-bond donors (Lipinski definition) is 1. The van der Waals surface area contributed by atoms with Crippen LogP contribution in [0.25, 0.3) is 0 Å². The molecule has 16 heavy (non-hydrogen) atoms. The van der Waals surface area contributed by atoms with E-state index < -0.39 is 6.10 Å². The van der Waals surface area contributed by atoms with Crippen LogP contribution in [0.1, 0.15) is 28.6 Å². The molecule has 2 heterocycles. The lowest BCUT2D eigenvalue weighted by Gasteiger charge is -2.08. The fraction of sp³-hybridized carbons (Fsp3) is 0.455. The number of aliphatic hydroxyl groups is 1. The van der Waals surface area contributed by atoms with Crippen LogP contribution >= 0.6 is 0 Å². The summed E-state index contributed by atoms with van der Waals surface area (Å²) in [5, 5.41) is 18.6. The molecular weight excluding hydrogens is 204 g/mol. The van der Waals surface area contributed by atoms with E-state index in [0.29, 0.717) is 0 Å². The van der Waals surface area contributed by atoms with Gasteiger partial charge in [-0.25, -0.2) is 0 Å². The highest BCUT2D eigenvalue weighted by atomic mass is 16.3. The Morgan fingerprint density at radius 1 is 1.31 bits per heavy atom. The fourth-order valence-electron chi connectivity index (χ4n) is 1.93. The monoisotopic (exact) mass is 220 g/mol. The van der Waals surface area contributed by atoms with Gasteiger partial charge in [-0.05, 0) is 13.8 Å². The van der Waals surface area contributed by atoms with Crippen LogP contribution in [-0.2, 0) is 14.1 Å². The maximum absolute atomic E-state index is 10.3. The first kappa shape index (κ1) is 10.9. The smallest absolute Gasteiger partial charge is 0.111 e. The summed E-state index contributed by atoms with van der Waals surface area (Å²) in [5.74, 6) is 0. The van der Waals surface area contributed by atoms with Crippen molar-refractivity contribution in [3.8, 4) is 0 Å². The predicted molar refractivity (Wildman–Crippen MR) is 60.0 cm³/mol. The van der Waals surface area contributed by atoms with Crippen molar-refractivity contribution >= 4 is 0 Å². The van der Waals surface area contributed by atoms with Gasteiger partial charge >= 0.3 is 0 Å². The Morgan fingerprint density at radius 2 is 2.00 bits per heavy atom. The van der Waals surface area contributed by atoms with Gasteiger partial charge in [-0.2, -0.15) is 10.2 Å². The molecule has 0 aliphatic carbocycles. The van der Waals surface area contributed by atoms with Gasteiger partial charge in [0.15, 0.2) is 0 Å². The van der Waals surface area contributed by atoms with Crippen LogP contribution in [-0.4, -0.2) is 24.7 Å². The molecule has 0 aliphatic rings. The zero-order chi connectivity index (χ0) is 11.9. The molecule has 0 aliphatic heterocycles. The van der Waals surface area contributed by atoms with Crippen LogP contribution in [0, 0.1) is 13.8 Å². The Labute approximate surface area is 94.3 Å². The second kappa shape index (κ2) is 3.75. The highest BCUT2D eigenvalue weighted by Gasteiger charge is 2.20. The lowest BCUT2D eigenvalue weighted by Crippen LogP contribution is -2.02. The molecule has 0 radical (unpaired) electrons. The number of nitrogens with zero attached hydrogens (tertiary/aromatic N) is 4. The zero-order valence-electron chi connectivity index (χ0n) is 9.97. The van der Waals surface area contributed by atoms with Crippen LogP contribution in [0.4, 0.5) is 0 Å². The van der Waals surface area contributed by atoms with E-state index in [1.54, 1.807) is 15.6 Å². The van der Waals surface area contributed by atoms with Gasteiger partial charge in [0.25, 0.3) is 0 Å². The highest BCUT2D eigenvalue weighted by Crippen LogP contribution is 2.26. The first-order valence-corrected chi connectivity index (χ1v) is 5.17. The lowest BCUT2D eigenvalue weighted by molar-refractivity contribution is 0.218. The van der Waals surface area contributed by atoms with Crippen molar-refractivity contribution < 1.29 is 5.11 Å². The molecule has 2 aromatic heterocycles. The number of aromatic nitrogens is 4. The molecule has 0 bridgehead atoms. The van der Waals surface area contributed by atoms with Gasteiger partial charge in [0.1, 0.15) is 6.10 Å². The maximum Gasteiger partial charge on any atom is 0.111 e.